The molecular weight excluding hydrogens is 449 g/mol. The fourth-order valence-electron chi connectivity index (χ4n) is 3.65. The molecule has 1 fully saturated rings. The minimum absolute atomic E-state index is 0. The van der Waals surface area contributed by atoms with Crippen molar-refractivity contribution < 1.29 is 0 Å². The maximum atomic E-state index is 4.40. The van der Waals surface area contributed by atoms with Gasteiger partial charge in [0.2, 0.25) is 0 Å². The van der Waals surface area contributed by atoms with E-state index in [1.54, 1.807) is 0 Å². The summed E-state index contributed by atoms with van der Waals surface area (Å²) in [6, 6.07) is 9.99. The summed E-state index contributed by atoms with van der Waals surface area (Å²) in [6.07, 6.45) is 6.79. The number of anilines is 1. The Balaban J connectivity index is 0.00000261. The average molecular weight is 483 g/mol. The van der Waals surface area contributed by atoms with E-state index in [1.807, 2.05) is 7.05 Å². The first-order valence-electron chi connectivity index (χ1n) is 9.86. The van der Waals surface area contributed by atoms with E-state index in [4.69, 9.17) is 0 Å². The predicted molar refractivity (Wildman–Crippen MR) is 126 cm³/mol. The molecule has 5 nitrogen and oxygen atoms in total. The van der Waals surface area contributed by atoms with Crippen LogP contribution in [0, 0.1) is 0 Å². The third-order valence-corrected chi connectivity index (χ3v) is 5.40. The van der Waals surface area contributed by atoms with Crippen molar-refractivity contribution in [1.29, 1.82) is 0 Å². The Morgan fingerprint density at radius 1 is 1.11 bits per heavy atom. The number of guanidine groups is 1. The molecular formula is C21H34IN5. The lowest BCUT2D eigenvalue weighted by atomic mass is 10.0. The normalized spacial score (nSPS) is 18.7. The zero-order valence-corrected chi connectivity index (χ0v) is 19.1. The Morgan fingerprint density at radius 3 is 2.30 bits per heavy atom. The van der Waals surface area contributed by atoms with Gasteiger partial charge in [-0.25, -0.2) is 0 Å². The van der Waals surface area contributed by atoms with Crippen molar-refractivity contribution in [3.8, 4) is 0 Å². The second-order valence-corrected chi connectivity index (χ2v) is 7.52. The van der Waals surface area contributed by atoms with Gasteiger partial charge in [0, 0.05) is 57.5 Å². The van der Waals surface area contributed by atoms with Gasteiger partial charge >= 0.3 is 0 Å². The molecule has 2 aliphatic heterocycles. The monoisotopic (exact) mass is 483 g/mol. The summed E-state index contributed by atoms with van der Waals surface area (Å²) >= 11 is 0. The van der Waals surface area contributed by atoms with Crippen LogP contribution >= 0.6 is 24.0 Å². The van der Waals surface area contributed by atoms with Crippen LogP contribution in [-0.2, 0) is 6.54 Å². The fourth-order valence-corrected chi connectivity index (χ4v) is 3.65. The van der Waals surface area contributed by atoms with Crippen molar-refractivity contribution in [2.24, 2.45) is 4.99 Å². The van der Waals surface area contributed by atoms with Crippen LogP contribution in [0.25, 0.3) is 0 Å². The maximum Gasteiger partial charge on any atom is 0.191 e. The molecule has 0 amide bonds. The molecule has 6 heteroatoms. The van der Waals surface area contributed by atoms with Gasteiger partial charge in [0.05, 0.1) is 0 Å². The molecule has 0 aromatic heterocycles. The third kappa shape index (κ3) is 6.38. The predicted octanol–water partition coefficient (Wildman–Crippen LogP) is 3.22. The number of nitrogens with zero attached hydrogens (tertiary/aromatic N) is 3. The molecule has 0 radical (unpaired) electrons. The van der Waals surface area contributed by atoms with Crippen LogP contribution in [0.4, 0.5) is 5.69 Å². The highest BCUT2D eigenvalue weighted by molar-refractivity contribution is 14.0. The van der Waals surface area contributed by atoms with Gasteiger partial charge < -0.3 is 20.4 Å². The van der Waals surface area contributed by atoms with Crippen LogP contribution in [0.1, 0.15) is 32.3 Å². The second-order valence-electron chi connectivity index (χ2n) is 7.52. The highest BCUT2D eigenvalue weighted by Gasteiger charge is 2.21. The van der Waals surface area contributed by atoms with Crippen molar-refractivity contribution >= 4 is 35.6 Å². The van der Waals surface area contributed by atoms with E-state index in [1.165, 1.54) is 37.2 Å². The van der Waals surface area contributed by atoms with E-state index in [0.29, 0.717) is 12.1 Å². The molecule has 150 valence electrons. The summed E-state index contributed by atoms with van der Waals surface area (Å²) in [5.41, 5.74) is 2.57. The van der Waals surface area contributed by atoms with Crippen molar-refractivity contribution in [2.45, 2.75) is 45.3 Å². The highest BCUT2D eigenvalue weighted by Crippen LogP contribution is 2.17. The van der Waals surface area contributed by atoms with Gasteiger partial charge in [-0.2, -0.15) is 0 Å². The number of nitrogens with one attached hydrogen (secondary N) is 2. The van der Waals surface area contributed by atoms with Gasteiger partial charge in [0.25, 0.3) is 0 Å². The van der Waals surface area contributed by atoms with Crippen LogP contribution in [0.5, 0.6) is 0 Å². The molecule has 2 aliphatic rings. The largest absolute Gasteiger partial charge is 0.364 e. The number of hydrogen-bond acceptors (Lipinski definition) is 3. The van der Waals surface area contributed by atoms with Gasteiger partial charge in [0.15, 0.2) is 5.96 Å². The van der Waals surface area contributed by atoms with E-state index in [2.05, 4.69) is 75.7 Å². The smallest absolute Gasteiger partial charge is 0.191 e. The van der Waals surface area contributed by atoms with Crippen LogP contribution in [-0.4, -0.2) is 56.2 Å². The maximum absolute atomic E-state index is 4.40. The summed E-state index contributed by atoms with van der Waals surface area (Å²) in [6.45, 7) is 9.72. The number of benzene rings is 1. The zero-order chi connectivity index (χ0) is 18.4. The Labute approximate surface area is 181 Å². The summed E-state index contributed by atoms with van der Waals surface area (Å²) in [4.78, 5) is 9.31. The van der Waals surface area contributed by atoms with Crippen LogP contribution in [0.15, 0.2) is 41.4 Å². The molecule has 1 aromatic rings. The average Bonchev–Trinajstić information content (AvgIpc) is 3.20. The van der Waals surface area contributed by atoms with E-state index < -0.39 is 0 Å². The molecule has 0 bridgehead atoms. The SMILES string of the molecule is CN=C(NCc1ccc(N2CC=CC2)cc1)NC1CCN(C(C)C)CC1.I. The first kappa shape index (κ1) is 22.0. The molecule has 2 heterocycles. The van der Waals surface area contributed by atoms with E-state index in [0.717, 1.165) is 25.6 Å². The molecule has 1 aromatic carbocycles. The van der Waals surface area contributed by atoms with Gasteiger partial charge in [-0.15, -0.1) is 24.0 Å². The number of hydrogen-bond donors (Lipinski definition) is 2. The Kier molecular flexibility index (Phi) is 8.89. The Hall–Kier alpha value is -1.28. The van der Waals surface area contributed by atoms with Crippen LogP contribution in [0.2, 0.25) is 0 Å². The van der Waals surface area contributed by atoms with Crippen molar-refractivity contribution in [3.05, 3.63) is 42.0 Å². The second kappa shape index (κ2) is 10.9. The van der Waals surface area contributed by atoms with Gasteiger partial charge in [0.1, 0.15) is 0 Å². The van der Waals surface area contributed by atoms with Crippen molar-refractivity contribution in [3.63, 3.8) is 0 Å². The highest BCUT2D eigenvalue weighted by atomic mass is 127. The number of likely N-dealkylation sites (tertiary alicyclic amines) is 1. The molecule has 3 rings (SSSR count). The van der Waals surface area contributed by atoms with Crippen molar-refractivity contribution in [1.82, 2.24) is 15.5 Å². The Bertz CT molecular complexity index is 610. The standard InChI is InChI=1S/C21H33N5.HI/c1-17(2)25-14-10-19(11-15-25)24-21(22-3)23-16-18-6-8-20(9-7-18)26-12-4-5-13-26;/h4-9,17,19H,10-16H2,1-3H3,(H2,22,23,24);1H. The fraction of sp³-hybridized carbons (Fsp3) is 0.571. The van der Waals surface area contributed by atoms with Crippen LogP contribution in [0.3, 0.4) is 0 Å². The molecule has 0 spiro atoms. The lowest BCUT2D eigenvalue weighted by molar-refractivity contribution is 0.167. The molecule has 0 aliphatic carbocycles. The Morgan fingerprint density at radius 2 is 1.74 bits per heavy atom. The third-order valence-electron chi connectivity index (χ3n) is 5.40. The van der Waals surface area contributed by atoms with Gasteiger partial charge in [-0.05, 0) is 44.4 Å². The number of aliphatic imine (C=N–C) groups is 1. The number of halogens is 1. The van der Waals surface area contributed by atoms with Crippen molar-refractivity contribution in [2.75, 3.05) is 38.1 Å². The lowest BCUT2D eigenvalue weighted by Gasteiger charge is -2.35. The van der Waals surface area contributed by atoms with E-state index in [-0.39, 0.29) is 24.0 Å². The van der Waals surface area contributed by atoms with Gasteiger partial charge in [-0.3, -0.25) is 4.99 Å². The summed E-state index contributed by atoms with van der Waals surface area (Å²) in [5, 5.41) is 7.04. The summed E-state index contributed by atoms with van der Waals surface area (Å²) in [5.74, 6) is 0.904. The first-order chi connectivity index (χ1) is 12.7. The minimum atomic E-state index is 0. The molecule has 27 heavy (non-hydrogen) atoms. The topological polar surface area (TPSA) is 42.9 Å². The number of rotatable bonds is 5. The molecule has 1 saturated heterocycles. The molecule has 0 unspecified atom stereocenters. The van der Waals surface area contributed by atoms with Crippen LogP contribution < -0.4 is 15.5 Å². The summed E-state index contributed by atoms with van der Waals surface area (Å²) in [7, 11) is 1.85. The zero-order valence-electron chi connectivity index (χ0n) is 16.8. The molecule has 0 atom stereocenters. The number of piperidine rings is 1. The van der Waals surface area contributed by atoms with Gasteiger partial charge in [-0.1, -0.05) is 24.3 Å². The minimum Gasteiger partial charge on any atom is -0.364 e. The first-order valence-corrected chi connectivity index (χ1v) is 9.86. The molecule has 2 N–H and O–H groups in total. The molecule has 0 saturated carbocycles. The summed E-state index contributed by atoms with van der Waals surface area (Å²) < 4.78 is 0. The van der Waals surface area contributed by atoms with E-state index in [9.17, 15) is 0 Å². The lowest BCUT2D eigenvalue weighted by Crippen LogP contribution is -2.49. The van der Waals surface area contributed by atoms with E-state index >= 15 is 0 Å². The quantitative estimate of drug-likeness (QED) is 0.292.